The number of fused-ring (bicyclic) bond motifs is 1. The zero-order chi connectivity index (χ0) is 26.0. The van der Waals surface area contributed by atoms with Gasteiger partial charge in [0, 0.05) is 41.7 Å². The number of benzene rings is 2. The molecule has 0 saturated carbocycles. The van der Waals surface area contributed by atoms with Crippen LogP contribution in [0.25, 0.3) is 10.9 Å². The van der Waals surface area contributed by atoms with Crippen molar-refractivity contribution in [2.24, 2.45) is 11.8 Å². The largest absolute Gasteiger partial charge is 0.497 e. The standard InChI is InChI=1S/C30H38N2O4S/c1-35-25-11-12-27-26(20-25)23(14-16-31-27)7-5-6-22-15-17-32(21-24(22)10-13-30(33)34)18-19-37-29-9-4-3-8-28(29)36-2/h3-4,8-9,11-12,14,16,20,22,24H,5-7,10,13,15,17-19,21H2,1-2H3,(H,33,34)/t22-,24+/m1/s1. The van der Waals surface area contributed by atoms with Gasteiger partial charge in [0.25, 0.3) is 0 Å². The fraction of sp³-hybridized carbons (Fsp3) is 0.467. The number of aromatic nitrogens is 1. The van der Waals surface area contributed by atoms with Gasteiger partial charge < -0.3 is 19.5 Å². The van der Waals surface area contributed by atoms with Gasteiger partial charge in [-0.3, -0.25) is 9.78 Å². The molecule has 0 bridgehead atoms. The number of likely N-dealkylation sites (tertiary alicyclic amines) is 1. The first kappa shape index (κ1) is 27.3. The van der Waals surface area contributed by atoms with E-state index in [9.17, 15) is 9.90 Å². The number of rotatable bonds is 13. The van der Waals surface area contributed by atoms with Crippen LogP contribution in [0, 0.1) is 11.8 Å². The Kier molecular flexibility index (Phi) is 10.1. The summed E-state index contributed by atoms with van der Waals surface area (Å²) < 4.78 is 10.9. The Morgan fingerprint density at radius 1 is 1.11 bits per heavy atom. The Bertz CT molecular complexity index is 1170. The minimum Gasteiger partial charge on any atom is -0.497 e. The van der Waals surface area contributed by atoms with E-state index in [4.69, 9.17) is 9.47 Å². The van der Waals surface area contributed by atoms with Crippen molar-refractivity contribution in [1.82, 2.24) is 9.88 Å². The van der Waals surface area contributed by atoms with Crippen molar-refractivity contribution in [2.75, 3.05) is 39.6 Å². The number of para-hydroxylation sites is 1. The number of thioether (sulfide) groups is 1. The molecule has 2 aromatic carbocycles. The number of piperidine rings is 1. The maximum atomic E-state index is 11.4. The number of nitrogens with zero attached hydrogens (tertiary/aromatic N) is 2. The van der Waals surface area contributed by atoms with E-state index in [-0.39, 0.29) is 6.42 Å². The number of methoxy groups -OCH3 is 2. The van der Waals surface area contributed by atoms with E-state index in [2.05, 4.69) is 28.1 Å². The van der Waals surface area contributed by atoms with Gasteiger partial charge in [-0.2, -0.15) is 0 Å². The van der Waals surface area contributed by atoms with Crippen molar-refractivity contribution < 1.29 is 19.4 Å². The van der Waals surface area contributed by atoms with Gasteiger partial charge in [0.15, 0.2) is 0 Å². The average molecular weight is 523 g/mol. The first-order valence-electron chi connectivity index (χ1n) is 13.2. The second kappa shape index (κ2) is 13.7. The summed E-state index contributed by atoms with van der Waals surface area (Å²) in [4.78, 5) is 19.5. The summed E-state index contributed by atoms with van der Waals surface area (Å²) >= 11 is 1.83. The Labute approximate surface area is 224 Å². The molecule has 2 heterocycles. The van der Waals surface area contributed by atoms with E-state index in [1.54, 1.807) is 14.2 Å². The molecule has 37 heavy (non-hydrogen) atoms. The minimum atomic E-state index is -0.695. The molecule has 0 unspecified atom stereocenters. The Morgan fingerprint density at radius 2 is 1.97 bits per heavy atom. The van der Waals surface area contributed by atoms with Crippen LogP contribution in [0.15, 0.2) is 59.6 Å². The highest BCUT2D eigenvalue weighted by Gasteiger charge is 2.29. The molecule has 1 aliphatic rings. The van der Waals surface area contributed by atoms with E-state index in [1.165, 1.54) is 10.5 Å². The number of hydrogen-bond donors (Lipinski definition) is 1. The third-order valence-electron chi connectivity index (χ3n) is 7.50. The van der Waals surface area contributed by atoms with E-state index >= 15 is 0 Å². The number of aliphatic carboxylic acids is 1. The van der Waals surface area contributed by atoms with Crippen LogP contribution in [0.1, 0.15) is 37.7 Å². The molecule has 7 heteroatoms. The van der Waals surface area contributed by atoms with Crippen molar-refractivity contribution in [2.45, 2.75) is 43.4 Å². The van der Waals surface area contributed by atoms with Crippen molar-refractivity contribution >= 4 is 28.6 Å². The van der Waals surface area contributed by atoms with Crippen molar-refractivity contribution in [3.63, 3.8) is 0 Å². The Balaban J connectivity index is 1.32. The maximum Gasteiger partial charge on any atom is 0.303 e. The lowest BCUT2D eigenvalue weighted by Gasteiger charge is -2.39. The van der Waals surface area contributed by atoms with E-state index in [1.807, 2.05) is 48.3 Å². The molecular weight excluding hydrogens is 484 g/mol. The zero-order valence-electron chi connectivity index (χ0n) is 21.9. The molecule has 1 N–H and O–H groups in total. The van der Waals surface area contributed by atoms with Crippen LogP contribution in [0.4, 0.5) is 0 Å². The maximum absolute atomic E-state index is 11.4. The molecule has 0 spiro atoms. The number of aryl methyl sites for hydroxylation is 1. The Morgan fingerprint density at radius 3 is 2.78 bits per heavy atom. The molecule has 3 aromatic rings. The lowest BCUT2D eigenvalue weighted by molar-refractivity contribution is -0.137. The molecule has 6 nitrogen and oxygen atoms in total. The lowest BCUT2D eigenvalue weighted by Crippen LogP contribution is -2.41. The van der Waals surface area contributed by atoms with Gasteiger partial charge in [-0.05, 0) is 92.4 Å². The number of ether oxygens (including phenoxy) is 2. The number of carboxylic acid groups (broad SMARTS) is 1. The van der Waals surface area contributed by atoms with Crippen LogP contribution in [0.5, 0.6) is 11.5 Å². The zero-order valence-corrected chi connectivity index (χ0v) is 22.7. The molecule has 2 atom stereocenters. The second-order valence-electron chi connectivity index (χ2n) is 9.79. The first-order valence-corrected chi connectivity index (χ1v) is 14.2. The van der Waals surface area contributed by atoms with Crippen molar-refractivity contribution in [1.29, 1.82) is 0 Å². The summed E-state index contributed by atoms with van der Waals surface area (Å²) in [6, 6.07) is 16.3. The minimum absolute atomic E-state index is 0.250. The monoisotopic (exact) mass is 522 g/mol. The topological polar surface area (TPSA) is 71.9 Å². The summed E-state index contributed by atoms with van der Waals surface area (Å²) in [7, 11) is 3.41. The van der Waals surface area contributed by atoms with Crippen molar-refractivity contribution in [3.8, 4) is 11.5 Å². The molecular formula is C30H38N2O4S. The van der Waals surface area contributed by atoms with Crippen LogP contribution in [-0.4, -0.2) is 60.6 Å². The predicted octanol–water partition coefficient (Wildman–Crippen LogP) is 6.17. The van der Waals surface area contributed by atoms with Gasteiger partial charge in [0.1, 0.15) is 11.5 Å². The van der Waals surface area contributed by atoms with Gasteiger partial charge in [-0.25, -0.2) is 0 Å². The first-order chi connectivity index (χ1) is 18.1. The van der Waals surface area contributed by atoms with Gasteiger partial charge in [-0.15, -0.1) is 11.8 Å². The smallest absolute Gasteiger partial charge is 0.303 e. The summed E-state index contributed by atoms with van der Waals surface area (Å²) in [5, 5.41) is 10.5. The fourth-order valence-corrected chi connectivity index (χ4v) is 6.52. The quantitative estimate of drug-likeness (QED) is 0.269. The highest BCUT2D eigenvalue weighted by atomic mass is 32.2. The van der Waals surface area contributed by atoms with Crippen LogP contribution in [0.3, 0.4) is 0 Å². The highest BCUT2D eigenvalue weighted by molar-refractivity contribution is 7.99. The number of carbonyl (C=O) groups is 1. The normalized spacial score (nSPS) is 18.1. The number of hydrogen-bond acceptors (Lipinski definition) is 6. The number of pyridine rings is 1. The summed E-state index contributed by atoms with van der Waals surface area (Å²) in [6.07, 6.45) is 7.24. The van der Waals surface area contributed by atoms with E-state index in [0.29, 0.717) is 11.8 Å². The third kappa shape index (κ3) is 7.62. The third-order valence-corrected chi connectivity index (χ3v) is 8.53. The highest BCUT2D eigenvalue weighted by Crippen LogP contribution is 2.33. The van der Waals surface area contributed by atoms with Gasteiger partial charge in [-0.1, -0.05) is 12.1 Å². The summed E-state index contributed by atoms with van der Waals surface area (Å²) in [5.74, 6) is 3.07. The molecule has 1 aliphatic heterocycles. The van der Waals surface area contributed by atoms with Crippen LogP contribution < -0.4 is 9.47 Å². The fourth-order valence-electron chi connectivity index (χ4n) is 5.48. The summed E-state index contributed by atoms with van der Waals surface area (Å²) in [6.45, 7) is 3.07. The molecule has 0 aliphatic carbocycles. The van der Waals surface area contributed by atoms with Crippen LogP contribution in [-0.2, 0) is 11.2 Å². The summed E-state index contributed by atoms with van der Waals surface area (Å²) in [5.41, 5.74) is 2.30. The van der Waals surface area contributed by atoms with Gasteiger partial charge in [0.05, 0.1) is 19.7 Å². The predicted molar refractivity (Wildman–Crippen MR) is 150 cm³/mol. The number of carboxylic acids is 1. The van der Waals surface area contributed by atoms with Gasteiger partial charge in [0.2, 0.25) is 0 Å². The van der Waals surface area contributed by atoms with Crippen LogP contribution >= 0.6 is 11.8 Å². The SMILES string of the molecule is COc1ccc2nccc(CCC[C@@H]3CCN(CCSc4ccccc4OC)C[C@@H]3CCC(=O)O)c2c1. The van der Waals surface area contributed by atoms with Crippen molar-refractivity contribution in [3.05, 3.63) is 60.3 Å². The second-order valence-corrected chi connectivity index (χ2v) is 10.9. The average Bonchev–Trinajstić information content (AvgIpc) is 2.92. The van der Waals surface area contributed by atoms with E-state index < -0.39 is 5.97 Å². The molecule has 4 rings (SSSR count). The Hall–Kier alpha value is -2.77. The molecule has 0 radical (unpaired) electrons. The molecule has 1 aromatic heterocycles. The van der Waals surface area contributed by atoms with E-state index in [0.717, 1.165) is 79.9 Å². The molecule has 1 saturated heterocycles. The van der Waals surface area contributed by atoms with Gasteiger partial charge >= 0.3 is 5.97 Å². The molecule has 0 amide bonds. The molecule has 198 valence electrons. The van der Waals surface area contributed by atoms with Crippen LogP contribution in [0.2, 0.25) is 0 Å². The molecule has 1 fully saturated rings. The lowest BCUT2D eigenvalue weighted by atomic mass is 9.79.